The zero-order valence-corrected chi connectivity index (χ0v) is 7.95. The van der Waals surface area contributed by atoms with Gasteiger partial charge in [0.1, 0.15) is 0 Å². The van der Waals surface area contributed by atoms with Crippen LogP contribution in [0.15, 0.2) is 12.2 Å². The van der Waals surface area contributed by atoms with Crippen molar-refractivity contribution in [1.29, 1.82) is 0 Å². The number of hydrogen-bond donors (Lipinski definition) is 2. The first kappa shape index (κ1) is 11.5. The van der Waals surface area contributed by atoms with Crippen LogP contribution in [0.25, 0.3) is 0 Å². The summed E-state index contributed by atoms with van der Waals surface area (Å²) in [4.78, 5) is 16.8. The fourth-order valence-electron chi connectivity index (χ4n) is 0.484. The molecule has 0 spiro atoms. The molecule has 0 aromatic carbocycles. The van der Waals surface area contributed by atoms with Gasteiger partial charge in [0, 0.05) is 0 Å². The average molecular weight is 196 g/mol. The van der Waals surface area contributed by atoms with E-state index >= 15 is 0 Å². The molecule has 0 unspecified atom stereocenters. The fraction of sp³-hybridized carbons (Fsp3) is 0.667. The van der Waals surface area contributed by atoms with Gasteiger partial charge < -0.3 is 23.8 Å². The number of rotatable bonds is 6. The lowest BCUT2D eigenvalue weighted by molar-refractivity contribution is 0.0382. The van der Waals surface area contributed by atoms with Crippen LogP contribution in [0.4, 0.5) is 0 Å². The van der Waals surface area contributed by atoms with E-state index in [1.807, 2.05) is 0 Å². The van der Waals surface area contributed by atoms with Gasteiger partial charge in [0.25, 0.3) is 0 Å². The highest BCUT2D eigenvalue weighted by Crippen LogP contribution is 2.25. The molecule has 2 N–H and O–H groups in total. The smallest absolute Gasteiger partial charge is 0.391 e. The van der Waals surface area contributed by atoms with Crippen molar-refractivity contribution < 1.29 is 23.8 Å². The van der Waals surface area contributed by atoms with Crippen LogP contribution in [0.3, 0.4) is 0 Å². The summed E-state index contributed by atoms with van der Waals surface area (Å²) in [5.74, 6) is 0.149. The third kappa shape index (κ3) is 6.22. The van der Waals surface area contributed by atoms with Crippen molar-refractivity contribution in [3.63, 3.8) is 0 Å². The van der Waals surface area contributed by atoms with Crippen molar-refractivity contribution in [2.75, 3.05) is 13.2 Å². The summed E-state index contributed by atoms with van der Waals surface area (Å²) in [6, 6.07) is 0. The van der Waals surface area contributed by atoms with Crippen LogP contribution in [0.1, 0.15) is 13.8 Å². The Morgan fingerprint density at radius 1 is 1.25 bits per heavy atom. The van der Waals surface area contributed by atoms with Crippen molar-refractivity contribution in [2.45, 2.75) is 13.8 Å². The van der Waals surface area contributed by atoms with E-state index in [0.29, 0.717) is 13.2 Å². The highest BCUT2D eigenvalue weighted by molar-refractivity contribution is 7.39. The maximum Gasteiger partial charge on any atom is 0.391 e. The van der Waals surface area contributed by atoms with Crippen molar-refractivity contribution in [1.82, 2.24) is 0 Å². The number of hydrogen-bond acceptors (Lipinski definition) is 5. The summed E-state index contributed by atoms with van der Waals surface area (Å²) in [5, 5.41) is 0. The van der Waals surface area contributed by atoms with E-state index in [-0.39, 0.29) is 5.95 Å². The lowest BCUT2D eigenvalue weighted by Gasteiger charge is -2.08. The molecule has 12 heavy (non-hydrogen) atoms. The van der Waals surface area contributed by atoms with Crippen molar-refractivity contribution in [3.8, 4) is 0 Å². The van der Waals surface area contributed by atoms with Gasteiger partial charge in [0.2, 0.25) is 0 Å². The molecule has 0 aliphatic carbocycles. The second-order valence-electron chi connectivity index (χ2n) is 1.66. The highest BCUT2D eigenvalue weighted by Gasteiger charge is 2.01. The molecule has 0 aliphatic rings. The molecule has 0 bridgehead atoms. The standard InChI is InChI=1S/C6H13O5P/c1-3-9-6(10-4-2)5-11-12(7)8/h5,7-8H,3-4H2,1-2H3. The second kappa shape index (κ2) is 7.16. The van der Waals surface area contributed by atoms with Gasteiger partial charge in [-0.05, 0) is 13.8 Å². The largest absolute Gasteiger partial charge is 0.463 e. The van der Waals surface area contributed by atoms with E-state index in [2.05, 4.69) is 4.52 Å². The molecule has 0 aromatic heterocycles. The molecule has 0 atom stereocenters. The summed E-state index contributed by atoms with van der Waals surface area (Å²) in [5.41, 5.74) is 0. The first-order valence-corrected chi connectivity index (χ1v) is 4.67. The minimum atomic E-state index is -2.39. The Morgan fingerprint density at radius 2 is 1.75 bits per heavy atom. The average Bonchev–Trinajstić information content (AvgIpc) is 2.01. The predicted molar refractivity (Wildman–Crippen MR) is 43.8 cm³/mol. The molecule has 0 rings (SSSR count). The maximum atomic E-state index is 8.38. The normalized spacial score (nSPS) is 9.42. The van der Waals surface area contributed by atoms with Crippen LogP contribution >= 0.6 is 8.60 Å². The van der Waals surface area contributed by atoms with Gasteiger partial charge in [-0.1, -0.05) is 0 Å². The van der Waals surface area contributed by atoms with Crippen LogP contribution in [-0.4, -0.2) is 23.0 Å². The van der Waals surface area contributed by atoms with Gasteiger partial charge in [-0.3, -0.25) is 0 Å². The lowest BCUT2D eigenvalue weighted by Crippen LogP contribution is -1.97. The molecule has 0 aliphatic heterocycles. The summed E-state index contributed by atoms with van der Waals surface area (Å²) in [7, 11) is -2.39. The quantitative estimate of drug-likeness (QED) is 0.491. The Kier molecular flexibility index (Phi) is 6.85. The molecule has 0 fully saturated rings. The molecule has 0 amide bonds. The van der Waals surface area contributed by atoms with Gasteiger partial charge in [0.15, 0.2) is 6.26 Å². The van der Waals surface area contributed by atoms with Crippen LogP contribution in [0.5, 0.6) is 0 Å². The van der Waals surface area contributed by atoms with Gasteiger partial charge >= 0.3 is 14.5 Å². The zero-order chi connectivity index (χ0) is 9.40. The van der Waals surface area contributed by atoms with Crippen LogP contribution in [0, 0.1) is 0 Å². The van der Waals surface area contributed by atoms with E-state index in [4.69, 9.17) is 19.3 Å². The molecule has 72 valence electrons. The zero-order valence-electron chi connectivity index (χ0n) is 7.06. The molecule has 0 saturated heterocycles. The Hall–Kier alpha value is -0.510. The summed E-state index contributed by atoms with van der Waals surface area (Å²) >= 11 is 0. The first-order chi connectivity index (χ1) is 5.70. The monoisotopic (exact) mass is 196 g/mol. The van der Waals surface area contributed by atoms with Gasteiger partial charge in [-0.2, -0.15) is 0 Å². The lowest BCUT2D eigenvalue weighted by atomic mass is 10.8. The minimum absolute atomic E-state index is 0.149. The molecule has 5 nitrogen and oxygen atoms in total. The van der Waals surface area contributed by atoms with E-state index in [1.165, 1.54) is 0 Å². The number of ether oxygens (including phenoxy) is 2. The van der Waals surface area contributed by atoms with Crippen LogP contribution in [0.2, 0.25) is 0 Å². The fourth-order valence-corrected chi connectivity index (χ4v) is 0.665. The maximum absolute atomic E-state index is 8.38. The van der Waals surface area contributed by atoms with E-state index in [0.717, 1.165) is 6.26 Å². The molecule has 0 saturated carbocycles. The van der Waals surface area contributed by atoms with Gasteiger partial charge in [-0.15, -0.1) is 0 Å². The third-order valence-electron chi connectivity index (χ3n) is 0.816. The second-order valence-corrected chi connectivity index (χ2v) is 2.38. The first-order valence-electron chi connectivity index (χ1n) is 3.51. The summed E-state index contributed by atoms with van der Waals surface area (Å²) in [6.07, 6.45) is 1.04. The van der Waals surface area contributed by atoms with E-state index < -0.39 is 8.60 Å². The summed E-state index contributed by atoms with van der Waals surface area (Å²) in [6.45, 7) is 4.44. The highest BCUT2D eigenvalue weighted by atomic mass is 31.2. The van der Waals surface area contributed by atoms with Crippen LogP contribution in [-0.2, 0) is 14.0 Å². The van der Waals surface area contributed by atoms with E-state index in [1.54, 1.807) is 13.8 Å². The molecular formula is C6H13O5P. The Balaban J connectivity index is 3.81. The predicted octanol–water partition coefficient (Wildman–Crippen LogP) is 1.09. The third-order valence-corrected chi connectivity index (χ3v) is 1.11. The van der Waals surface area contributed by atoms with Gasteiger partial charge in [0.05, 0.1) is 13.2 Å². The topological polar surface area (TPSA) is 68.2 Å². The Labute approximate surface area is 72.6 Å². The van der Waals surface area contributed by atoms with Gasteiger partial charge in [-0.25, -0.2) is 0 Å². The molecular weight excluding hydrogens is 183 g/mol. The van der Waals surface area contributed by atoms with Crippen LogP contribution < -0.4 is 0 Å². The Morgan fingerprint density at radius 3 is 2.08 bits per heavy atom. The van der Waals surface area contributed by atoms with Crippen molar-refractivity contribution in [2.24, 2.45) is 0 Å². The molecule has 0 aromatic rings. The van der Waals surface area contributed by atoms with Crippen molar-refractivity contribution in [3.05, 3.63) is 12.2 Å². The Bertz CT molecular complexity index is 128. The van der Waals surface area contributed by atoms with Crippen molar-refractivity contribution >= 4 is 8.60 Å². The SMILES string of the molecule is CCOC(=COP(O)O)OCC. The minimum Gasteiger partial charge on any atom is -0.463 e. The molecule has 0 heterocycles. The molecule has 0 radical (unpaired) electrons. The van der Waals surface area contributed by atoms with E-state index in [9.17, 15) is 0 Å². The summed E-state index contributed by atoms with van der Waals surface area (Å²) < 4.78 is 14.2. The molecule has 6 heteroatoms.